The third-order valence-electron chi connectivity index (χ3n) is 3.38. The van der Waals surface area contributed by atoms with Crippen molar-refractivity contribution in [2.75, 3.05) is 19.0 Å². The van der Waals surface area contributed by atoms with Crippen molar-refractivity contribution < 1.29 is 9.47 Å². The average Bonchev–Trinajstić information content (AvgIpc) is 2.47. The molecule has 0 amide bonds. The van der Waals surface area contributed by atoms with Gasteiger partial charge >= 0.3 is 0 Å². The highest BCUT2D eigenvalue weighted by atomic mass is 16.5. The summed E-state index contributed by atoms with van der Waals surface area (Å²) in [4.78, 5) is 0. The molecule has 1 N–H and O–H groups in total. The van der Waals surface area contributed by atoms with Gasteiger partial charge in [0.2, 0.25) is 0 Å². The lowest BCUT2D eigenvalue weighted by Gasteiger charge is -2.14. The molecule has 0 atom stereocenters. The van der Waals surface area contributed by atoms with Crippen LogP contribution >= 0.6 is 0 Å². The van der Waals surface area contributed by atoms with Crippen LogP contribution in [0.5, 0.6) is 11.5 Å². The summed E-state index contributed by atoms with van der Waals surface area (Å²) in [6, 6.07) is 12.2. The van der Waals surface area contributed by atoms with Gasteiger partial charge in [0.05, 0.1) is 6.61 Å². The summed E-state index contributed by atoms with van der Waals surface area (Å²) in [6.45, 7) is 5.25. The van der Waals surface area contributed by atoms with Crippen molar-refractivity contribution in [2.24, 2.45) is 0 Å². The Morgan fingerprint density at radius 3 is 2.57 bits per heavy atom. The Morgan fingerprint density at radius 2 is 1.90 bits per heavy atom. The lowest BCUT2D eigenvalue weighted by atomic mass is 9.94. The van der Waals surface area contributed by atoms with Gasteiger partial charge < -0.3 is 14.8 Å². The molecular weight excluding hydrogens is 261 g/mol. The molecule has 2 aromatic carbocycles. The van der Waals surface area contributed by atoms with Crippen LogP contribution in [0.1, 0.15) is 18.1 Å². The van der Waals surface area contributed by atoms with Gasteiger partial charge in [-0.25, -0.2) is 0 Å². The van der Waals surface area contributed by atoms with Crippen LogP contribution in [0.3, 0.4) is 0 Å². The fourth-order valence-corrected chi connectivity index (χ4v) is 2.29. The number of anilines is 1. The summed E-state index contributed by atoms with van der Waals surface area (Å²) in [6.07, 6.45) is 0. The summed E-state index contributed by atoms with van der Waals surface area (Å²) in [5, 5.41) is 3.19. The minimum absolute atomic E-state index is 0.534. The van der Waals surface area contributed by atoms with Crippen molar-refractivity contribution in [1.29, 1.82) is 0 Å². The summed E-state index contributed by atoms with van der Waals surface area (Å²) in [5.41, 5.74) is 4.55. The van der Waals surface area contributed by atoms with E-state index < -0.39 is 0 Å². The molecule has 2 rings (SSSR count). The van der Waals surface area contributed by atoms with Gasteiger partial charge in [0.1, 0.15) is 26.0 Å². The number of rotatable bonds is 6. The summed E-state index contributed by atoms with van der Waals surface area (Å²) in [5.74, 6) is 1.80. The van der Waals surface area contributed by atoms with Gasteiger partial charge in [-0.15, -0.1) is 0 Å². The molecule has 0 saturated heterocycles. The first kappa shape index (κ1) is 15.3. The number of hydrogen-bond acceptors (Lipinski definition) is 3. The van der Waals surface area contributed by atoms with Crippen molar-refractivity contribution >= 4 is 19.0 Å². The maximum absolute atomic E-state index is 5.94. The third kappa shape index (κ3) is 3.94. The predicted octanol–water partition coefficient (Wildman–Crippen LogP) is 2.27. The standard InChI is InChI=1S/C17H22BNO2/c1-4-20-15-7-5-13(16(10-15)19-3)11-21-17-8-6-14(18)9-12(17)2/h5-10,19H,4,11,18H2,1-3H3. The molecule has 21 heavy (non-hydrogen) atoms. The van der Waals surface area contributed by atoms with Crippen LogP contribution < -0.4 is 20.3 Å². The molecule has 0 fully saturated rings. The van der Waals surface area contributed by atoms with Gasteiger partial charge in [0.15, 0.2) is 0 Å². The molecule has 110 valence electrons. The van der Waals surface area contributed by atoms with Crippen molar-refractivity contribution in [1.82, 2.24) is 0 Å². The monoisotopic (exact) mass is 283 g/mol. The molecule has 0 aliphatic heterocycles. The molecule has 0 spiro atoms. The first-order chi connectivity index (χ1) is 10.1. The van der Waals surface area contributed by atoms with Crippen molar-refractivity contribution in [2.45, 2.75) is 20.5 Å². The molecule has 0 aliphatic rings. The Kier molecular flexibility index (Phi) is 5.15. The van der Waals surface area contributed by atoms with E-state index in [1.54, 1.807) is 0 Å². The molecule has 0 radical (unpaired) electrons. The maximum atomic E-state index is 5.94. The zero-order chi connectivity index (χ0) is 15.2. The first-order valence-electron chi connectivity index (χ1n) is 7.27. The topological polar surface area (TPSA) is 30.5 Å². The largest absolute Gasteiger partial charge is 0.494 e. The van der Waals surface area contributed by atoms with Crippen LogP contribution in [0, 0.1) is 6.92 Å². The Balaban J connectivity index is 2.12. The molecule has 0 heterocycles. The van der Waals surface area contributed by atoms with E-state index in [2.05, 4.69) is 32.2 Å². The second-order valence-corrected chi connectivity index (χ2v) is 5.06. The fourth-order valence-electron chi connectivity index (χ4n) is 2.29. The van der Waals surface area contributed by atoms with Gasteiger partial charge in [-0.1, -0.05) is 17.6 Å². The Labute approximate surface area is 127 Å². The molecule has 2 aromatic rings. The van der Waals surface area contributed by atoms with E-state index in [9.17, 15) is 0 Å². The number of ether oxygens (including phenoxy) is 2. The van der Waals surface area contributed by atoms with Crippen molar-refractivity contribution in [3.63, 3.8) is 0 Å². The normalized spacial score (nSPS) is 10.2. The van der Waals surface area contributed by atoms with Crippen LogP contribution in [0.4, 0.5) is 5.69 Å². The van der Waals surface area contributed by atoms with Gasteiger partial charge in [-0.3, -0.25) is 0 Å². The number of nitrogens with one attached hydrogen (secondary N) is 1. The Bertz CT molecular complexity index is 614. The average molecular weight is 283 g/mol. The lowest BCUT2D eigenvalue weighted by Crippen LogP contribution is -2.05. The summed E-state index contributed by atoms with van der Waals surface area (Å²) in [7, 11) is 3.99. The quantitative estimate of drug-likeness (QED) is 0.825. The molecule has 0 aliphatic carbocycles. The summed E-state index contributed by atoms with van der Waals surface area (Å²) >= 11 is 0. The highest BCUT2D eigenvalue weighted by molar-refractivity contribution is 6.32. The molecule has 0 bridgehead atoms. The highest BCUT2D eigenvalue weighted by Gasteiger charge is 2.06. The summed E-state index contributed by atoms with van der Waals surface area (Å²) < 4.78 is 11.5. The minimum atomic E-state index is 0.534. The maximum Gasteiger partial charge on any atom is 0.139 e. The van der Waals surface area contributed by atoms with E-state index in [0.29, 0.717) is 13.2 Å². The number of hydrogen-bond donors (Lipinski definition) is 1. The van der Waals surface area contributed by atoms with Crippen LogP contribution in [0.25, 0.3) is 0 Å². The molecule has 3 nitrogen and oxygen atoms in total. The fraction of sp³-hybridized carbons (Fsp3) is 0.294. The Morgan fingerprint density at radius 1 is 1.10 bits per heavy atom. The van der Waals surface area contributed by atoms with Crippen LogP contribution in [0.15, 0.2) is 36.4 Å². The SMILES string of the molecule is Bc1ccc(OCc2ccc(OCC)cc2NC)c(C)c1. The molecule has 0 unspecified atom stereocenters. The number of benzene rings is 2. The molecular formula is C17H22BNO2. The van der Waals surface area contributed by atoms with E-state index in [1.165, 1.54) is 5.46 Å². The third-order valence-corrected chi connectivity index (χ3v) is 3.38. The van der Waals surface area contributed by atoms with Crippen molar-refractivity contribution in [3.8, 4) is 11.5 Å². The number of aryl methyl sites for hydroxylation is 1. The first-order valence-corrected chi connectivity index (χ1v) is 7.27. The smallest absolute Gasteiger partial charge is 0.139 e. The predicted molar refractivity (Wildman–Crippen MR) is 90.8 cm³/mol. The van der Waals surface area contributed by atoms with E-state index in [0.717, 1.165) is 28.3 Å². The zero-order valence-corrected chi connectivity index (χ0v) is 13.2. The molecule has 0 saturated carbocycles. The second kappa shape index (κ2) is 7.07. The van der Waals surface area contributed by atoms with Gasteiger partial charge in [0.25, 0.3) is 0 Å². The van der Waals surface area contributed by atoms with Crippen LogP contribution in [0.2, 0.25) is 0 Å². The van der Waals surface area contributed by atoms with Gasteiger partial charge in [-0.2, -0.15) is 0 Å². The van der Waals surface area contributed by atoms with E-state index in [1.807, 2.05) is 38.2 Å². The lowest BCUT2D eigenvalue weighted by molar-refractivity contribution is 0.304. The minimum Gasteiger partial charge on any atom is -0.494 e. The van der Waals surface area contributed by atoms with Crippen LogP contribution in [-0.4, -0.2) is 21.5 Å². The zero-order valence-electron chi connectivity index (χ0n) is 13.2. The second-order valence-electron chi connectivity index (χ2n) is 5.06. The van der Waals surface area contributed by atoms with Gasteiger partial charge in [-0.05, 0) is 37.6 Å². The highest BCUT2D eigenvalue weighted by Crippen LogP contribution is 2.24. The van der Waals surface area contributed by atoms with E-state index in [-0.39, 0.29) is 0 Å². The van der Waals surface area contributed by atoms with Crippen LogP contribution in [-0.2, 0) is 6.61 Å². The van der Waals surface area contributed by atoms with E-state index >= 15 is 0 Å². The molecule has 0 aromatic heterocycles. The Hall–Kier alpha value is -2.10. The van der Waals surface area contributed by atoms with E-state index in [4.69, 9.17) is 9.47 Å². The van der Waals surface area contributed by atoms with Gasteiger partial charge in [0, 0.05) is 24.4 Å². The van der Waals surface area contributed by atoms with Crippen molar-refractivity contribution in [3.05, 3.63) is 47.5 Å². The molecule has 4 heteroatoms.